The average molecular weight is 488 g/mol. The van der Waals surface area contributed by atoms with Crippen LogP contribution in [0.2, 0.25) is 5.02 Å². The van der Waals surface area contributed by atoms with E-state index in [0.717, 1.165) is 18.2 Å². The summed E-state index contributed by atoms with van der Waals surface area (Å²) in [6.07, 6.45) is 1.00. The van der Waals surface area contributed by atoms with Crippen LogP contribution in [0.3, 0.4) is 0 Å². The number of amides is 1. The molecule has 0 unspecified atom stereocenters. The van der Waals surface area contributed by atoms with Gasteiger partial charge in [0, 0.05) is 17.0 Å². The number of hydrogen-bond acceptors (Lipinski definition) is 4. The van der Waals surface area contributed by atoms with Gasteiger partial charge in [-0.3, -0.25) is 9.63 Å². The summed E-state index contributed by atoms with van der Waals surface area (Å²) >= 11 is 5.89. The largest absolute Gasteiger partial charge is 0.277 e. The Bertz CT molecular complexity index is 1020. The number of hydroxylamine groups is 1. The molecule has 176 valence electrons. The summed E-state index contributed by atoms with van der Waals surface area (Å²) in [6, 6.07) is 8.50. The van der Waals surface area contributed by atoms with Gasteiger partial charge >= 0.3 is 0 Å². The van der Waals surface area contributed by atoms with E-state index in [1.54, 1.807) is 0 Å². The number of halogens is 3. The Morgan fingerprint density at radius 1 is 1.12 bits per heavy atom. The van der Waals surface area contributed by atoms with Crippen LogP contribution in [-0.4, -0.2) is 21.4 Å². The number of rotatable bonds is 6. The lowest BCUT2D eigenvalue weighted by Gasteiger charge is -2.40. The zero-order chi connectivity index (χ0) is 23.9. The van der Waals surface area contributed by atoms with Gasteiger partial charge in [0.25, 0.3) is 0 Å². The van der Waals surface area contributed by atoms with Crippen LogP contribution in [-0.2, 0) is 24.2 Å². The van der Waals surface area contributed by atoms with Crippen LogP contribution >= 0.6 is 11.6 Å². The maximum Gasteiger partial charge on any atom is 0.243 e. The highest BCUT2D eigenvalue weighted by Gasteiger charge is 2.50. The third kappa shape index (κ3) is 5.47. The molecule has 2 aromatic rings. The fourth-order valence-corrected chi connectivity index (χ4v) is 6.43. The number of nitrogens with one attached hydrogen (secondary N) is 1. The summed E-state index contributed by atoms with van der Waals surface area (Å²) in [6.45, 7) is 4.00. The second-order valence-corrected chi connectivity index (χ2v) is 10.1. The van der Waals surface area contributed by atoms with E-state index < -0.39 is 26.2 Å². The quantitative estimate of drug-likeness (QED) is 0.540. The van der Waals surface area contributed by atoms with Crippen molar-refractivity contribution in [3.8, 4) is 0 Å². The molecule has 0 atom stereocenters. The minimum atomic E-state index is -4.09. The van der Waals surface area contributed by atoms with Gasteiger partial charge in [-0.2, -0.15) is 0 Å². The number of carbonyl (C=O) groups is 1. The van der Waals surface area contributed by atoms with Crippen molar-refractivity contribution in [2.75, 3.05) is 7.11 Å². The van der Waals surface area contributed by atoms with Crippen LogP contribution in [0.15, 0.2) is 47.4 Å². The minimum Gasteiger partial charge on any atom is -0.277 e. The second kappa shape index (κ2) is 11.2. The lowest BCUT2D eigenvalue weighted by Crippen LogP contribution is -2.41. The van der Waals surface area contributed by atoms with Gasteiger partial charge in [-0.25, -0.2) is 22.7 Å². The molecule has 0 aromatic heterocycles. The summed E-state index contributed by atoms with van der Waals surface area (Å²) in [5.74, 6) is -1.89. The second-order valence-electron chi connectivity index (χ2n) is 7.45. The molecular formula is C23H28ClF2NO4S. The first kappa shape index (κ1) is 26.2. The topological polar surface area (TPSA) is 72.5 Å². The number of carbonyl (C=O) groups excluding carboxylic acids is 1. The van der Waals surface area contributed by atoms with Gasteiger partial charge in [0.1, 0.15) is 16.4 Å². The molecule has 1 fully saturated rings. The third-order valence-corrected chi connectivity index (χ3v) is 8.46. The van der Waals surface area contributed by atoms with Crippen LogP contribution < -0.4 is 5.48 Å². The molecule has 0 spiro atoms. The van der Waals surface area contributed by atoms with Gasteiger partial charge in [0.05, 0.1) is 12.0 Å². The van der Waals surface area contributed by atoms with E-state index in [-0.39, 0.29) is 41.5 Å². The van der Waals surface area contributed by atoms with E-state index in [9.17, 15) is 22.0 Å². The maximum atomic E-state index is 14.8. The number of hydrogen-bond donors (Lipinski definition) is 1. The van der Waals surface area contributed by atoms with Crippen molar-refractivity contribution in [2.24, 2.45) is 5.92 Å². The molecule has 1 saturated carbocycles. The first-order valence-corrected chi connectivity index (χ1v) is 12.3. The Kier molecular flexibility index (Phi) is 9.18. The normalized spacial score (nSPS) is 20.8. The third-order valence-electron chi connectivity index (χ3n) is 5.66. The molecular weight excluding hydrogens is 460 g/mol. The summed E-state index contributed by atoms with van der Waals surface area (Å²) in [5, 5.41) is 0.368. The molecule has 1 amide bonds. The molecule has 0 bridgehead atoms. The molecule has 0 aliphatic heterocycles. The zero-order valence-corrected chi connectivity index (χ0v) is 19.9. The van der Waals surface area contributed by atoms with Crippen LogP contribution in [0.1, 0.15) is 51.5 Å². The van der Waals surface area contributed by atoms with Gasteiger partial charge in [-0.05, 0) is 74.1 Å². The van der Waals surface area contributed by atoms with Crippen molar-refractivity contribution in [1.29, 1.82) is 0 Å². The SMILES string of the molecule is CC.CONC(=O)CC1CCC(c2cc(F)ccc2F)(S(=O)(=O)c2ccc(Cl)cc2)CC1. The Labute approximate surface area is 193 Å². The minimum absolute atomic E-state index is 0.00821. The summed E-state index contributed by atoms with van der Waals surface area (Å²) in [4.78, 5) is 16.4. The van der Waals surface area contributed by atoms with E-state index in [1.165, 1.54) is 31.4 Å². The Balaban J connectivity index is 0.00000176. The molecule has 5 nitrogen and oxygen atoms in total. The number of sulfone groups is 1. The molecule has 2 aromatic carbocycles. The van der Waals surface area contributed by atoms with Gasteiger partial charge < -0.3 is 0 Å². The monoisotopic (exact) mass is 487 g/mol. The van der Waals surface area contributed by atoms with E-state index in [1.807, 2.05) is 13.8 Å². The molecule has 0 heterocycles. The standard InChI is InChI=1S/C21H22ClF2NO4S.C2H6/c1-29-25-20(26)12-14-8-10-21(11-9-14,18-13-16(23)4-7-19(18)24)30(27,28)17-5-2-15(22)3-6-17;1-2/h2-7,13-14H,8-12H2,1H3,(H,25,26);1-2H3. The van der Waals surface area contributed by atoms with Gasteiger partial charge in [-0.15, -0.1) is 0 Å². The predicted octanol–water partition coefficient (Wildman–Crippen LogP) is 5.57. The van der Waals surface area contributed by atoms with Crippen LogP contribution in [0, 0.1) is 17.6 Å². The Morgan fingerprint density at radius 2 is 1.72 bits per heavy atom. The molecule has 0 radical (unpaired) electrons. The van der Waals surface area contributed by atoms with E-state index in [4.69, 9.17) is 11.6 Å². The Morgan fingerprint density at radius 3 is 2.28 bits per heavy atom. The van der Waals surface area contributed by atoms with Crippen molar-refractivity contribution in [3.05, 3.63) is 64.7 Å². The average Bonchev–Trinajstić information content (AvgIpc) is 2.78. The molecule has 3 rings (SSSR count). The van der Waals surface area contributed by atoms with Crippen LogP contribution in [0.5, 0.6) is 0 Å². The zero-order valence-electron chi connectivity index (χ0n) is 18.3. The molecule has 32 heavy (non-hydrogen) atoms. The van der Waals surface area contributed by atoms with Gasteiger partial charge in [0.2, 0.25) is 5.91 Å². The van der Waals surface area contributed by atoms with Crippen molar-refractivity contribution >= 4 is 27.3 Å². The molecule has 9 heteroatoms. The van der Waals surface area contributed by atoms with Gasteiger partial charge in [0.15, 0.2) is 9.84 Å². The predicted molar refractivity (Wildman–Crippen MR) is 120 cm³/mol. The lowest BCUT2D eigenvalue weighted by atomic mass is 9.76. The molecule has 1 N–H and O–H groups in total. The first-order valence-electron chi connectivity index (χ1n) is 10.5. The van der Waals surface area contributed by atoms with E-state index in [0.29, 0.717) is 17.9 Å². The van der Waals surface area contributed by atoms with Crippen molar-refractivity contribution in [3.63, 3.8) is 0 Å². The summed E-state index contributed by atoms with van der Waals surface area (Å²) < 4.78 is 54.5. The van der Waals surface area contributed by atoms with Crippen molar-refractivity contribution in [2.45, 2.75) is 55.6 Å². The van der Waals surface area contributed by atoms with Crippen molar-refractivity contribution < 1.29 is 26.8 Å². The smallest absolute Gasteiger partial charge is 0.243 e. The molecule has 1 aliphatic carbocycles. The fraction of sp³-hybridized carbons (Fsp3) is 0.435. The van der Waals surface area contributed by atoms with Crippen molar-refractivity contribution in [1.82, 2.24) is 5.48 Å². The first-order chi connectivity index (χ1) is 15.2. The molecule has 1 aliphatic rings. The van der Waals surface area contributed by atoms with Crippen LogP contribution in [0.4, 0.5) is 8.78 Å². The highest BCUT2D eigenvalue weighted by Crippen LogP contribution is 2.49. The fourth-order valence-electron chi connectivity index (χ4n) is 4.13. The maximum absolute atomic E-state index is 14.8. The highest BCUT2D eigenvalue weighted by molar-refractivity contribution is 7.92. The number of benzene rings is 2. The lowest BCUT2D eigenvalue weighted by molar-refractivity contribution is -0.132. The summed E-state index contributed by atoms with van der Waals surface area (Å²) in [7, 11) is -2.76. The van der Waals surface area contributed by atoms with Crippen LogP contribution in [0.25, 0.3) is 0 Å². The van der Waals surface area contributed by atoms with E-state index >= 15 is 0 Å². The Hall–Kier alpha value is -2.03. The van der Waals surface area contributed by atoms with E-state index in [2.05, 4.69) is 10.3 Å². The molecule has 0 saturated heterocycles. The summed E-state index contributed by atoms with van der Waals surface area (Å²) in [5.41, 5.74) is 2.06. The van der Waals surface area contributed by atoms with Gasteiger partial charge in [-0.1, -0.05) is 25.4 Å². The highest BCUT2D eigenvalue weighted by atomic mass is 35.5.